The second kappa shape index (κ2) is 6.41. The largest absolute Gasteiger partial charge is 0.300 e. The highest BCUT2D eigenvalue weighted by molar-refractivity contribution is 7.15. The Labute approximate surface area is 126 Å². The van der Waals surface area contributed by atoms with E-state index in [4.69, 9.17) is 0 Å². The predicted octanol–water partition coefficient (Wildman–Crippen LogP) is 2.99. The summed E-state index contributed by atoms with van der Waals surface area (Å²) in [6.45, 7) is 8.14. The average Bonchev–Trinajstić information content (AvgIpc) is 2.85. The molecule has 0 atom stereocenters. The van der Waals surface area contributed by atoms with Crippen molar-refractivity contribution in [3.8, 4) is 0 Å². The summed E-state index contributed by atoms with van der Waals surface area (Å²) in [6.07, 6.45) is 1.23. The van der Waals surface area contributed by atoms with Crippen LogP contribution in [-0.2, 0) is 17.6 Å². The van der Waals surface area contributed by atoms with Crippen LogP contribution in [0.1, 0.15) is 34.4 Å². The van der Waals surface area contributed by atoms with Gasteiger partial charge in [-0.05, 0) is 19.8 Å². The molecule has 0 fully saturated rings. The summed E-state index contributed by atoms with van der Waals surface area (Å²) in [5, 5.41) is 13.4. The van der Waals surface area contributed by atoms with Gasteiger partial charge >= 0.3 is 0 Å². The lowest BCUT2D eigenvalue weighted by Crippen LogP contribution is -2.14. The van der Waals surface area contributed by atoms with E-state index in [1.165, 1.54) is 11.3 Å². The number of nitrogens with zero attached hydrogens (tertiary/aromatic N) is 3. The number of hydrogen-bond donors (Lipinski definition) is 1. The minimum atomic E-state index is -0.0657. The SMILES string of the molecule is Cc1nc(C)c(CC(=O)Nc2nnc(CC(C)C)s2)s1. The second-order valence-corrected chi connectivity index (χ2v) is 7.42. The molecule has 1 N–H and O–H groups in total. The normalized spacial score (nSPS) is 11.1. The highest BCUT2D eigenvalue weighted by Gasteiger charge is 2.13. The van der Waals surface area contributed by atoms with Crippen LogP contribution in [-0.4, -0.2) is 21.1 Å². The van der Waals surface area contributed by atoms with Crippen molar-refractivity contribution in [2.75, 3.05) is 5.32 Å². The fourth-order valence-electron chi connectivity index (χ4n) is 1.78. The Morgan fingerprint density at radius 1 is 1.25 bits per heavy atom. The first-order valence-corrected chi connectivity index (χ1v) is 8.12. The number of thiazole rings is 1. The number of amides is 1. The second-order valence-electron chi connectivity index (χ2n) is 5.07. The molecular formula is C13H18N4OS2. The van der Waals surface area contributed by atoms with E-state index in [2.05, 4.69) is 34.3 Å². The third-order valence-electron chi connectivity index (χ3n) is 2.62. The third-order valence-corrected chi connectivity index (χ3v) is 4.55. The van der Waals surface area contributed by atoms with E-state index in [0.717, 1.165) is 27.0 Å². The van der Waals surface area contributed by atoms with Crippen LogP contribution in [0.15, 0.2) is 0 Å². The quantitative estimate of drug-likeness (QED) is 0.922. The molecule has 1 amide bonds. The summed E-state index contributed by atoms with van der Waals surface area (Å²) in [5.41, 5.74) is 0.931. The van der Waals surface area contributed by atoms with E-state index >= 15 is 0 Å². The molecule has 108 valence electrons. The molecule has 7 heteroatoms. The summed E-state index contributed by atoms with van der Waals surface area (Å²) in [7, 11) is 0. The van der Waals surface area contributed by atoms with Gasteiger partial charge in [0.2, 0.25) is 11.0 Å². The fourth-order valence-corrected chi connectivity index (χ4v) is 3.69. The summed E-state index contributed by atoms with van der Waals surface area (Å²) < 4.78 is 0. The van der Waals surface area contributed by atoms with E-state index in [1.807, 2.05) is 13.8 Å². The Kier molecular flexibility index (Phi) is 4.82. The number of nitrogens with one attached hydrogen (secondary N) is 1. The van der Waals surface area contributed by atoms with Crippen LogP contribution in [0, 0.1) is 19.8 Å². The molecule has 0 bridgehead atoms. The van der Waals surface area contributed by atoms with Crippen molar-refractivity contribution in [2.24, 2.45) is 5.92 Å². The number of aromatic nitrogens is 3. The topological polar surface area (TPSA) is 67.8 Å². The molecular weight excluding hydrogens is 292 g/mol. The molecule has 0 aliphatic heterocycles. The zero-order valence-corrected chi connectivity index (χ0v) is 13.7. The van der Waals surface area contributed by atoms with Gasteiger partial charge in [-0.1, -0.05) is 25.2 Å². The number of carbonyl (C=O) groups excluding carboxylic acids is 1. The van der Waals surface area contributed by atoms with Gasteiger partial charge in [-0.25, -0.2) is 4.98 Å². The molecule has 0 saturated carbocycles. The van der Waals surface area contributed by atoms with Crippen molar-refractivity contribution in [2.45, 2.75) is 40.5 Å². The van der Waals surface area contributed by atoms with Crippen LogP contribution in [0.5, 0.6) is 0 Å². The smallest absolute Gasteiger partial charge is 0.231 e. The maximum absolute atomic E-state index is 12.0. The summed E-state index contributed by atoms with van der Waals surface area (Å²) >= 11 is 3.01. The van der Waals surface area contributed by atoms with Crippen molar-refractivity contribution < 1.29 is 4.79 Å². The molecule has 2 aromatic rings. The lowest BCUT2D eigenvalue weighted by atomic mass is 10.1. The lowest BCUT2D eigenvalue weighted by molar-refractivity contribution is -0.115. The molecule has 2 aromatic heterocycles. The number of carbonyl (C=O) groups is 1. The van der Waals surface area contributed by atoms with Gasteiger partial charge in [0.1, 0.15) is 5.01 Å². The van der Waals surface area contributed by atoms with Gasteiger partial charge in [0, 0.05) is 11.3 Å². The third kappa shape index (κ3) is 4.08. The van der Waals surface area contributed by atoms with E-state index in [1.54, 1.807) is 11.3 Å². The number of rotatable bonds is 5. The molecule has 0 radical (unpaired) electrons. The van der Waals surface area contributed by atoms with E-state index in [-0.39, 0.29) is 5.91 Å². The number of aryl methyl sites for hydroxylation is 2. The average molecular weight is 310 g/mol. The van der Waals surface area contributed by atoms with Gasteiger partial charge in [-0.15, -0.1) is 21.5 Å². The van der Waals surface area contributed by atoms with Gasteiger partial charge in [-0.3, -0.25) is 4.79 Å². The van der Waals surface area contributed by atoms with Crippen molar-refractivity contribution in [3.05, 3.63) is 20.6 Å². The van der Waals surface area contributed by atoms with Gasteiger partial charge in [-0.2, -0.15) is 0 Å². The van der Waals surface area contributed by atoms with Crippen LogP contribution in [0.2, 0.25) is 0 Å². The van der Waals surface area contributed by atoms with Crippen LogP contribution in [0.3, 0.4) is 0 Å². The van der Waals surface area contributed by atoms with Crippen molar-refractivity contribution in [1.82, 2.24) is 15.2 Å². The number of hydrogen-bond acceptors (Lipinski definition) is 6. The maximum Gasteiger partial charge on any atom is 0.231 e. The maximum atomic E-state index is 12.0. The Hall–Kier alpha value is -1.34. The molecule has 5 nitrogen and oxygen atoms in total. The molecule has 0 aliphatic rings. The van der Waals surface area contributed by atoms with Crippen molar-refractivity contribution in [1.29, 1.82) is 0 Å². The van der Waals surface area contributed by atoms with Crippen LogP contribution < -0.4 is 5.32 Å². The van der Waals surface area contributed by atoms with Gasteiger partial charge in [0.15, 0.2) is 0 Å². The summed E-state index contributed by atoms with van der Waals surface area (Å²) in [5.74, 6) is 0.471. The summed E-state index contributed by atoms with van der Waals surface area (Å²) in [4.78, 5) is 17.3. The Balaban J connectivity index is 1.94. The van der Waals surface area contributed by atoms with E-state index in [9.17, 15) is 4.79 Å². The standard InChI is InChI=1S/C13H18N4OS2/c1-7(2)5-12-16-17-13(20-12)15-11(18)6-10-8(3)14-9(4)19-10/h7H,5-6H2,1-4H3,(H,15,17,18). The lowest BCUT2D eigenvalue weighted by Gasteiger charge is -2.00. The number of anilines is 1. The van der Waals surface area contributed by atoms with Crippen LogP contribution in [0.25, 0.3) is 0 Å². The molecule has 0 aliphatic carbocycles. The zero-order valence-electron chi connectivity index (χ0n) is 12.1. The fraction of sp³-hybridized carbons (Fsp3) is 0.538. The first-order chi connectivity index (χ1) is 9.44. The van der Waals surface area contributed by atoms with Gasteiger partial charge in [0.25, 0.3) is 0 Å². The highest BCUT2D eigenvalue weighted by Crippen LogP contribution is 2.20. The molecule has 2 rings (SSSR count). The Morgan fingerprint density at radius 2 is 2.00 bits per heavy atom. The molecule has 20 heavy (non-hydrogen) atoms. The minimum absolute atomic E-state index is 0.0657. The molecule has 0 unspecified atom stereocenters. The predicted molar refractivity (Wildman–Crippen MR) is 82.4 cm³/mol. The van der Waals surface area contributed by atoms with Gasteiger partial charge < -0.3 is 5.32 Å². The Bertz CT molecular complexity index is 603. The van der Waals surface area contributed by atoms with E-state index in [0.29, 0.717) is 17.5 Å². The van der Waals surface area contributed by atoms with E-state index < -0.39 is 0 Å². The summed E-state index contributed by atoms with van der Waals surface area (Å²) in [6, 6.07) is 0. The highest BCUT2D eigenvalue weighted by atomic mass is 32.1. The molecule has 0 aromatic carbocycles. The van der Waals surface area contributed by atoms with Crippen molar-refractivity contribution >= 4 is 33.7 Å². The molecule has 0 spiro atoms. The van der Waals surface area contributed by atoms with Gasteiger partial charge in [0.05, 0.1) is 17.1 Å². The minimum Gasteiger partial charge on any atom is -0.300 e. The first-order valence-electron chi connectivity index (χ1n) is 6.49. The van der Waals surface area contributed by atoms with Crippen LogP contribution >= 0.6 is 22.7 Å². The Morgan fingerprint density at radius 3 is 2.60 bits per heavy atom. The molecule has 2 heterocycles. The first kappa shape index (κ1) is 15.1. The van der Waals surface area contributed by atoms with Crippen molar-refractivity contribution in [3.63, 3.8) is 0 Å². The zero-order chi connectivity index (χ0) is 14.7. The monoisotopic (exact) mass is 310 g/mol. The van der Waals surface area contributed by atoms with Crippen LogP contribution in [0.4, 0.5) is 5.13 Å². The molecule has 0 saturated heterocycles.